The lowest BCUT2D eigenvalue weighted by molar-refractivity contribution is -0.0506. The van der Waals surface area contributed by atoms with Crippen molar-refractivity contribution in [1.82, 2.24) is 15.6 Å². The van der Waals surface area contributed by atoms with E-state index >= 15 is 0 Å². The first-order chi connectivity index (χ1) is 14.5. The topological polar surface area (TPSA) is 61.8 Å². The second-order valence-electron chi connectivity index (χ2n) is 7.06. The highest BCUT2D eigenvalue weighted by Crippen LogP contribution is 2.23. The van der Waals surface area contributed by atoms with E-state index in [9.17, 15) is 13.2 Å². The van der Waals surface area contributed by atoms with Crippen molar-refractivity contribution in [3.63, 3.8) is 0 Å². The van der Waals surface area contributed by atoms with E-state index in [1.165, 1.54) is 18.2 Å². The third kappa shape index (κ3) is 7.15. The van der Waals surface area contributed by atoms with Crippen LogP contribution in [0.15, 0.2) is 41.4 Å². The molecule has 2 aromatic rings. The van der Waals surface area contributed by atoms with Crippen LogP contribution in [0.3, 0.4) is 0 Å². The van der Waals surface area contributed by atoms with Gasteiger partial charge in [0, 0.05) is 44.0 Å². The largest absolute Gasteiger partial charge is 0.434 e. The average Bonchev–Trinajstić information content (AvgIpc) is 2.72. The smallest absolute Gasteiger partial charge is 0.387 e. The van der Waals surface area contributed by atoms with Gasteiger partial charge in [0.2, 0.25) is 0 Å². The molecule has 0 unspecified atom stereocenters. The van der Waals surface area contributed by atoms with E-state index in [4.69, 9.17) is 0 Å². The molecule has 1 aromatic heterocycles. The van der Waals surface area contributed by atoms with Gasteiger partial charge in [0.15, 0.2) is 5.96 Å². The maximum absolute atomic E-state index is 14.1. The number of nitrogens with zero attached hydrogens (tertiary/aromatic N) is 3. The molecule has 1 aliphatic heterocycles. The Morgan fingerprint density at radius 2 is 1.94 bits per heavy atom. The van der Waals surface area contributed by atoms with Gasteiger partial charge in [0.05, 0.1) is 0 Å². The summed E-state index contributed by atoms with van der Waals surface area (Å²) in [5.41, 5.74) is 1.02. The minimum atomic E-state index is -3.02. The molecule has 1 fully saturated rings. The number of aromatic nitrogens is 1. The van der Waals surface area contributed by atoms with Crippen LogP contribution in [0.5, 0.6) is 5.75 Å². The molecule has 2 heterocycles. The second-order valence-corrected chi connectivity index (χ2v) is 7.06. The Labute approximate surface area is 197 Å². The third-order valence-corrected chi connectivity index (χ3v) is 4.98. The van der Waals surface area contributed by atoms with Crippen LogP contribution in [0, 0.1) is 12.7 Å². The summed E-state index contributed by atoms with van der Waals surface area (Å²) in [6, 6.07) is 10.0. The fourth-order valence-corrected chi connectivity index (χ4v) is 3.43. The van der Waals surface area contributed by atoms with Crippen LogP contribution in [0.4, 0.5) is 19.0 Å². The summed E-state index contributed by atoms with van der Waals surface area (Å²) in [5.74, 6) is 0.650. The van der Waals surface area contributed by atoms with E-state index in [-0.39, 0.29) is 47.9 Å². The van der Waals surface area contributed by atoms with Crippen LogP contribution in [0.1, 0.15) is 24.1 Å². The molecule has 170 valence electrons. The molecule has 2 N–H and O–H groups in total. The number of benzene rings is 1. The van der Waals surface area contributed by atoms with Gasteiger partial charge < -0.3 is 20.3 Å². The number of hydrogen-bond donors (Lipinski definition) is 2. The van der Waals surface area contributed by atoms with Crippen molar-refractivity contribution >= 4 is 35.8 Å². The van der Waals surface area contributed by atoms with Crippen molar-refractivity contribution in [3.8, 4) is 5.75 Å². The second kappa shape index (κ2) is 12.0. The highest BCUT2D eigenvalue weighted by molar-refractivity contribution is 14.0. The van der Waals surface area contributed by atoms with E-state index < -0.39 is 12.4 Å². The molecule has 0 bridgehead atoms. The molecular formula is C21H27F3IN5O. The van der Waals surface area contributed by atoms with Gasteiger partial charge in [-0.05, 0) is 44.0 Å². The summed E-state index contributed by atoms with van der Waals surface area (Å²) in [7, 11) is 1.61. The lowest BCUT2D eigenvalue weighted by atomic mass is 10.1. The van der Waals surface area contributed by atoms with Crippen molar-refractivity contribution < 1.29 is 17.9 Å². The van der Waals surface area contributed by atoms with Crippen LogP contribution in [-0.2, 0) is 6.54 Å². The SMILES string of the molecule is CN=C(NCc1c(F)cccc1OC(F)F)NC1CCN(c2cccc(C)n2)CC1.I. The Bertz CT molecular complexity index is 876. The first-order valence-electron chi connectivity index (χ1n) is 9.84. The molecule has 1 saturated heterocycles. The molecule has 31 heavy (non-hydrogen) atoms. The van der Waals surface area contributed by atoms with Gasteiger partial charge in [0.25, 0.3) is 0 Å². The number of hydrogen-bond acceptors (Lipinski definition) is 4. The van der Waals surface area contributed by atoms with Gasteiger partial charge in [-0.25, -0.2) is 9.37 Å². The molecule has 0 radical (unpaired) electrons. The fourth-order valence-electron chi connectivity index (χ4n) is 3.43. The predicted octanol–water partition coefficient (Wildman–Crippen LogP) is 4.08. The molecule has 0 atom stereocenters. The predicted molar refractivity (Wildman–Crippen MR) is 126 cm³/mol. The summed E-state index contributed by atoms with van der Waals surface area (Å²) >= 11 is 0. The van der Waals surface area contributed by atoms with Crippen LogP contribution in [-0.4, -0.2) is 43.7 Å². The first kappa shape index (κ1) is 25.0. The minimum Gasteiger partial charge on any atom is -0.434 e. The van der Waals surface area contributed by atoms with Crippen molar-refractivity contribution in [1.29, 1.82) is 0 Å². The summed E-state index contributed by atoms with van der Waals surface area (Å²) in [6.07, 6.45) is 1.77. The maximum atomic E-state index is 14.1. The van der Waals surface area contributed by atoms with Crippen molar-refractivity contribution in [2.45, 2.75) is 39.0 Å². The van der Waals surface area contributed by atoms with Gasteiger partial charge in [-0.3, -0.25) is 4.99 Å². The molecule has 3 rings (SSSR count). The van der Waals surface area contributed by atoms with Gasteiger partial charge >= 0.3 is 6.61 Å². The molecular weight excluding hydrogens is 522 g/mol. The van der Waals surface area contributed by atoms with Gasteiger partial charge in [-0.15, -0.1) is 24.0 Å². The number of piperidine rings is 1. The van der Waals surface area contributed by atoms with Crippen LogP contribution in [0.2, 0.25) is 0 Å². The van der Waals surface area contributed by atoms with E-state index in [2.05, 4.69) is 30.2 Å². The zero-order valence-corrected chi connectivity index (χ0v) is 19.8. The van der Waals surface area contributed by atoms with Crippen molar-refractivity contribution in [2.24, 2.45) is 4.99 Å². The molecule has 1 aromatic carbocycles. The zero-order chi connectivity index (χ0) is 21.5. The number of ether oxygens (including phenoxy) is 1. The Morgan fingerprint density at radius 1 is 1.23 bits per heavy atom. The molecule has 6 nitrogen and oxygen atoms in total. The molecule has 0 aliphatic carbocycles. The Hall–Kier alpha value is -2.24. The van der Waals surface area contributed by atoms with E-state index in [1.807, 2.05) is 25.1 Å². The fraction of sp³-hybridized carbons (Fsp3) is 0.429. The molecule has 10 heteroatoms. The monoisotopic (exact) mass is 549 g/mol. The normalized spacial score (nSPS) is 14.9. The minimum absolute atomic E-state index is 0. The van der Waals surface area contributed by atoms with E-state index in [1.54, 1.807) is 7.05 Å². The molecule has 0 spiro atoms. The van der Waals surface area contributed by atoms with E-state index in [0.29, 0.717) is 5.96 Å². The lowest BCUT2D eigenvalue weighted by Crippen LogP contribution is -2.48. The van der Waals surface area contributed by atoms with E-state index in [0.717, 1.165) is 37.4 Å². The van der Waals surface area contributed by atoms with Gasteiger partial charge in [0.1, 0.15) is 17.4 Å². The summed E-state index contributed by atoms with van der Waals surface area (Å²) in [6.45, 7) is 0.632. The Balaban J connectivity index is 0.00000341. The number of aryl methyl sites for hydroxylation is 1. The number of alkyl halides is 2. The quantitative estimate of drug-likeness (QED) is 0.323. The number of guanidine groups is 1. The number of pyridine rings is 1. The highest BCUT2D eigenvalue weighted by Gasteiger charge is 2.21. The summed E-state index contributed by atoms with van der Waals surface area (Å²) in [4.78, 5) is 11.0. The lowest BCUT2D eigenvalue weighted by Gasteiger charge is -2.34. The highest BCUT2D eigenvalue weighted by atomic mass is 127. The Morgan fingerprint density at radius 3 is 2.58 bits per heavy atom. The standard InChI is InChI=1S/C21H26F3N5O.HI/c1-14-5-3-8-19(27-14)29-11-9-15(10-12-29)28-21(25-2)26-13-16-17(22)6-4-7-18(16)30-20(23)24;/h3-8,15,20H,9-13H2,1-2H3,(H2,25,26,28);1H. The number of anilines is 1. The van der Waals surface area contributed by atoms with Gasteiger partial charge in [-0.1, -0.05) is 12.1 Å². The number of rotatable bonds is 6. The molecule has 0 saturated carbocycles. The van der Waals surface area contributed by atoms with Crippen molar-refractivity contribution in [3.05, 3.63) is 53.5 Å². The number of nitrogens with one attached hydrogen (secondary N) is 2. The van der Waals surface area contributed by atoms with Crippen LogP contribution in [0.25, 0.3) is 0 Å². The first-order valence-corrected chi connectivity index (χ1v) is 9.84. The van der Waals surface area contributed by atoms with Crippen LogP contribution < -0.4 is 20.3 Å². The number of aliphatic imine (C=N–C) groups is 1. The van der Waals surface area contributed by atoms with Crippen LogP contribution >= 0.6 is 24.0 Å². The Kier molecular flexibility index (Phi) is 9.66. The molecule has 1 aliphatic rings. The number of halogens is 4. The summed E-state index contributed by atoms with van der Waals surface area (Å²) < 4.78 is 43.7. The van der Waals surface area contributed by atoms with Gasteiger partial charge in [-0.2, -0.15) is 8.78 Å². The average molecular weight is 549 g/mol. The maximum Gasteiger partial charge on any atom is 0.387 e. The zero-order valence-electron chi connectivity index (χ0n) is 17.4. The molecule has 0 amide bonds. The summed E-state index contributed by atoms with van der Waals surface area (Å²) in [5, 5.41) is 6.31. The third-order valence-electron chi connectivity index (χ3n) is 4.98. The van der Waals surface area contributed by atoms with Crippen molar-refractivity contribution in [2.75, 3.05) is 25.0 Å².